The van der Waals surface area contributed by atoms with E-state index in [4.69, 9.17) is 11.6 Å². The summed E-state index contributed by atoms with van der Waals surface area (Å²) in [5.74, 6) is -0.0363. The maximum atomic E-state index is 13.2. The molecule has 1 aromatic carbocycles. The highest BCUT2D eigenvalue weighted by atomic mass is 35.5. The van der Waals surface area contributed by atoms with Gasteiger partial charge in [-0.2, -0.15) is 10.2 Å². The molecule has 0 saturated heterocycles. The minimum atomic E-state index is -0.0363. The average Bonchev–Trinajstić information content (AvgIpc) is 3.31. The molecule has 0 aliphatic carbocycles. The van der Waals surface area contributed by atoms with E-state index in [-0.39, 0.29) is 5.91 Å². The molecule has 4 rings (SSSR count). The predicted molar refractivity (Wildman–Crippen MR) is 95.1 cm³/mol. The molecule has 25 heavy (non-hydrogen) atoms. The van der Waals surface area contributed by atoms with E-state index in [0.717, 1.165) is 16.7 Å². The minimum Gasteiger partial charge on any atom is -0.330 e. The molecule has 6 nitrogen and oxygen atoms in total. The van der Waals surface area contributed by atoms with Crippen molar-refractivity contribution >= 4 is 17.5 Å². The van der Waals surface area contributed by atoms with Crippen molar-refractivity contribution in [3.05, 3.63) is 58.5 Å². The minimum absolute atomic E-state index is 0.0363. The van der Waals surface area contributed by atoms with E-state index in [9.17, 15) is 4.79 Å². The van der Waals surface area contributed by atoms with Gasteiger partial charge in [0.2, 0.25) is 0 Å². The number of halogens is 1. The molecular weight excluding hydrogens is 338 g/mol. The van der Waals surface area contributed by atoms with Crippen molar-refractivity contribution in [2.75, 3.05) is 0 Å². The topological polar surface area (TPSA) is 56.0 Å². The van der Waals surface area contributed by atoms with Crippen LogP contribution in [0.4, 0.5) is 0 Å². The van der Waals surface area contributed by atoms with Gasteiger partial charge < -0.3 is 4.90 Å². The number of benzene rings is 1. The molecule has 1 aliphatic rings. The molecule has 7 heteroatoms. The van der Waals surface area contributed by atoms with Crippen LogP contribution < -0.4 is 0 Å². The number of carbonyl (C=O) groups excluding carboxylic acids is 1. The van der Waals surface area contributed by atoms with Crippen LogP contribution >= 0.6 is 11.6 Å². The summed E-state index contributed by atoms with van der Waals surface area (Å²) in [6, 6.07) is 5.81. The van der Waals surface area contributed by atoms with Crippen LogP contribution in [0, 0.1) is 0 Å². The first kappa shape index (κ1) is 15.9. The molecule has 0 spiro atoms. The number of rotatable bonds is 3. The zero-order valence-corrected chi connectivity index (χ0v) is 14.9. The highest BCUT2D eigenvalue weighted by Gasteiger charge is 2.29. The van der Waals surface area contributed by atoms with Crippen molar-refractivity contribution < 1.29 is 4.79 Å². The van der Waals surface area contributed by atoms with Crippen LogP contribution in [0.5, 0.6) is 0 Å². The van der Waals surface area contributed by atoms with Crippen LogP contribution in [0.25, 0.3) is 11.3 Å². The van der Waals surface area contributed by atoms with Crippen LogP contribution in [-0.4, -0.2) is 30.4 Å². The molecule has 0 fully saturated rings. The second-order valence-electron chi connectivity index (χ2n) is 6.19. The van der Waals surface area contributed by atoms with Gasteiger partial charge >= 0.3 is 0 Å². The zero-order chi connectivity index (χ0) is 17.6. The first-order valence-corrected chi connectivity index (χ1v) is 8.56. The molecule has 0 saturated carbocycles. The summed E-state index contributed by atoms with van der Waals surface area (Å²) in [6.45, 7) is 3.79. The summed E-state index contributed by atoms with van der Waals surface area (Å²) in [7, 11) is 1.85. The van der Waals surface area contributed by atoms with Crippen LogP contribution in [0.1, 0.15) is 28.4 Å². The van der Waals surface area contributed by atoms with Crippen molar-refractivity contribution in [3.63, 3.8) is 0 Å². The first-order chi connectivity index (χ1) is 12.1. The summed E-state index contributed by atoms with van der Waals surface area (Å²) < 4.78 is 3.49. The Morgan fingerprint density at radius 2 is 2.12 bits per heavy atom. The molecule has 1 aliphatic heterocycles. The van der Waals surface area contributed by atoms with Crippen LogP contribution in [-0.2, 0) is 26.7 Å². The van der Waals surface area contributed by atoms with Gasteiger partial charge in [0.15, 0.2) is 0 Å². The largest absolute Gasteiger partial charge is 0.330 e. The molecule has 3 heterocycles. The Morgan fingerprint density at radius 1 is 1.28 bits per heavy atom. The fourth-order valence-corrected chi connectivity index (χ4v) is 3.45. The lowest BCUT2D eigenvalue weighted by Gasteiger charge is -2.15. The summed E-state index contributed by atoms with van der Waals surface area (Å²) in [5.41, 5.74) is 4.24. The Bertz CT molecular complexity index is 958. The van der Waals surface area contributed by atoms with Crippen molar-refractivity contribution in [2.45, 2.75) is 26.6 Å². The van der Waals surface area contributed by atoms with E-state index in [0.29, 0.717) is 35.9 Å². The molecular formula is C18H18ClN5O. The van der Waals surface area contributed by atoms with E-state index in [1.165, 1.54) is 0 Å². The fraction of sp³-hybridized carbons (Fsp3) is 0.278. The molecule has 0 N–H and O–H groups in total. The molecule has 2 aromatic heterocycles. The van der Waals surface area contributed by atoms with E-state index in [2.05, 4.69) is 10.2 Å². The summed E-state index contributed by atoms with van der Waals surface area (Å²) in [5, 5.41) is 9.47. The van der Waals surface area contributed by atoms with Gasteiger partial charge in [0.25, 0.3) is 5.91 Å². The van der Waals surface area contributed by atoms with Gasteiger partial charge in [-0.05, 0) is 24.1 Å². The summed E-state index contributed by atoms with van der Waals surface area (Å²) in [4.78, 5) is 15.0. The normalized spacial score (nSPS) is 13.3. The standard InChI is InChI=1S/C18H18ClN5O/c1-3-24-11-15(17(21-24)13-7-20-22(2)8-13)18(25)23-9-12-5-4-6-16(19)14(12)10-23/h4-8,11H,3,9-10H2,1-2H3. The lowest BCUT2D eigenvalue weighted by Crippen LogP contribution is -2.25. The highest BCUT2D eigenvalue weighted by molar-refractivity contribution is 6.31. The molecule has 0 atom stereocenters. The lowest BCUT2D eigenvalue weighted by molar-refractivity contribution is 0.0752. The molecule has 0 radical (unpaired) electrons. The van der Waals surface area contributed by atoms with Crippen molar-refractivity contribution in [1.82, 2.24) is 24.5 Å². The Hall–Kier alpha value is -2.60. The fourth-order valence-electron chi connectivity index (χ4n) is 3.19. The van der Waals surface area contributed by atoms with E-state index in [1.807, 2.05) is 49.5 Å². The second-order valence-corrected chi connectivity index (χ2v) is 6.60. The summed E-state index contributed by atoms with van der Waals surface area (Å²) in [6.07, 6.45) is 5.42. The monoisotopic (exact) mass is 355 g/mol. The van der Waals surface area contributed by atoms with E-state index >= 15 is 0 Å². The number of amides is 1. The van der Waals surface area contributed by atoms with Crippen molar-refractivity contribution in [3.8, 4) is 11.3 Å². The van der Waals surface area contributed by atoms with Gasteiger partial charge in [0.1, 0.15) is 5.69 Å². The van der Waals surface area contributed by atoms with Crippen molar-refractivity contribution in [1.29, 1.82) is 0 Å². The first-order valence-electron chi connectivity index (χ1n) is 8.19. The number of aryl methyl sites for hydroxylation is 2. The maximum Gasteiger partial charge on any atom is 0.258 e. The van der Waals surface area contributed by atoms with Crippen LogP contribution in [0.3, 0.4) is 0 Å². The zero-order valence-electron chi connectivity index (χ0n) is 14.1. The Labute approximate surface area is 150 Å². The molecule has 0 unspecified atom stereocenters. The van der Waals surface area contributed by atoms with Gasteiger partial charge in [-0.15, -0.1) is 0 Å². The average molecular weight is 356 g/mol. The molecule has 1 amide bonds. The third kappa shape index (κ3) is 2.72. The van der Waals surface area contributed by atoms with Crippen LogP contribution in [0.15, 0.2) is 36.8 Å². The smallest absolute Gasteiger partial charge is 0.258 e. The predicted octanol–water partition coefficient (Wildman–Crippen LogP) is 3.11. The highest BCUT2D eigenvalue weighted by Crippen LogP contribution is 2.31. The van der Waals surface area contributed by atoms with Gasteiger partial charge in [0, 0.05) is 49.7 Å². The molecule has 0 bridgehead atoms. The van der Waals surface area contributed by atoms with Gasteiger partial charge in [-0.25, -0.2) is 0 Å². The number of nitrogens with zero attached hydrogens (tertiary/aromatic N) is 5. The SMILES string of the molecule is CCn1cc(C(=O)N2Cc3cccc(Cl)c3C2)c(-c2cnn(C)c2)n1. The Balaban J connectivity index is 1.69. The van der Waals surface area contributed by atoms with Gasteiger partial charge in [-0.1, -0.05) is 23.7 Å². The van der Waals surface area contributed by atoms with E-state index < -0.39 is 0 Å². The van der Waals surface area contributed by atoms with Crippen molar-refractivity contribution in [2.24, 2.45) is 7.05 Å². The third-order valence-electron chi connectivity index (χ3n) is 4.51. The number of hydrogen-bond acceptors (Lipinski definition) is 3. The Morgan fingerprint density at radius 3 is 2.80 bits per heavy atom. The third-order valence-corrected chi connectivity index (χ3v) is 4.86. The van der Waals surface area contributed by atoms with E-state index in [1.54, 1.807) is 15.6 Å². The van der Waals surface area contributed by atoms with Gasteiger partial charge in [0.05, 0.1) is 11.8 Å². The maximum absolute atomic E-state index is 13.2. The second kappa shape index (κ2) is 6.04. The quantitative estimate of drug-likeness (QED) is 0.725. The summed E-state index contributed by atoms with van der Waals surface area (Å²) >= 11 is 6.28. The number of aromatic nitrogens is 4. The lowest BCUT2D eigenvalue weighted by atomic mass is 10.1. The van der Waals surface area contributed by atoms with Gasteiger partial charge in [-0.3, -0.25) is 14.2 Å². The van der Waals surface area contributed by atoms with Crippen LogP contribution in [0.2, 0.25) is 5.02 Å². The number of carbonyl (C=O) groups is 1. The molecule has 128 valence electrons. The number of fused-ring (bicyclic) bond motifs is 1. The Kier molecular flexibility index (Phi) is 3.84. The molecule has 3 aromatic rings. The number of hydrogen-bond donors (Lipinski definition) is 0.